The number of anilines is 1. The highest BCUT2D eigenvalue weighted by atomic mass is 32.2. The third kappa shape index (κ3) is 3.21. The summed E-state index contributed by atoms with van der Waals surface area (Å²) in [6.45, 7) is 1.47. The second kappa shape index (κ2) is 6.16. The van der Waals surface area contributed by atoms with Crippen molar-refractivity contribution in [2.24, 2.45) is 0 Å². The van der Waals surface area contributed by atoms with Gasteiger partial charge in [0.2, 0.25) is 11.8 Å². The molecule has 0 aliphatic heterocycles. The fourth-order valence-electron chi connectivity index (χ4n) is 1.86. The van der Waals surface area contributed by atoms with Crippen molar-refractivity contribution in [3.63, 3.8) is 0 Å². The zero-order chi connectivity index (χ0) is 17.2. The largest absolute Gasteiger partial charge is 0.481 e. The van der Waals surface area contributed by atoms with E-state index in [2.05, 4.69) is 9.97 Å². The summed E-state index contributed by atoms with van der Waals surface area (Å²) in [5.41, 5.74) is 0.0975. The zero-order valence-electron chi connectivity index (χ0n) is 12.6. The van der Waals surface area contributed by atoms with Gasteiger partial charge in [0.25, 0.3) is 15.7 Å². The monoisotopic (exact) mass is 338 g/mol. The minimum Gasteiger partial charge on any atom is -0.481 e. The Labute approximate surface area is 132 Å². The van der Waals surface area contributed by atoms with Gasteiger partial charge in [-0.3, -0.25) is 10.1 Å². The lowest BCUT2D eigenvalue weighted by Crippen LogP contribution is -2.28. The van der Waals surface area contributed by atoms with Gasteiger partial charge in [0.15, 0.2) is 0 Å². The highest BCUT2D eigenvalue weighted by molar-refractivity contribution is 7.92. The lowest BCUT2D eigenvalue weighted by molar-refractivity contribution is -0.385. The number of nitro benzene ring substituents is 1. The predicted octanol–water partition coefficient (Wildman–Crippen LogP) is 1.53. The number of nitro groups is 1. The van der Waals surface area contributed by atoms with Crippen LogP contribution in [0.1, 0.15) is 5.56 Å². The van der Waals surface area contributed by atoms with Crippen LogP contribution in [0.15, 0.2) is 35.4 Å². The Hall–Kier alpha value is -2.75. The number of methoxy groups -OCH3 is 1. The fourth-order valence-corrected chi connectivity index (χ4v) is 3.04. The average molecular weight is 338 g/mol. The maximum Gasteiger partial charge on any atom is 0.272 e. The van der Waals surface area contributed by atoms with Crippen molar-refractivity contribution in [2.75, 3.05) is 18.5 Å². The third-order valence-corrected chi connectivity index (χ3v) is 4.87. The quantitative estimate of drug-likeness (QED) is 0.599. The van der Waals surface area contributed by atoms with Crippen LogP contribution in [0.4, 0.5) is 11.6 Å². The topological polar surface area (TPSA) is 116 Å². The van der Waals surface area contributed by atoms with E-state index in [9.17, 15) is 18.5 Å². The van der Waals surface area contributed by atoms with Gasteiger partial charge in [0.1, 0.15) is 0 Å². The van der Waals surface area contributed by atoms with Gasteiger partial charge in [-0.15, -0.1) is 0 Å². The summed E-state index contributed by atoms with van der Waals surface area (Å²) in [6, 6.07) is 5.06. The van der Waals surface area contributed by atoms with Crippen molar-refractivity contribution in [3.05, 3.63) is 46.1 Å². The van der Waals surface area contributed by atoms with Gasteiger partial charge in [-0.25, -0.2) is 17.7 Å². The Balaban J connectivity index is 2.44. The van der Waals surface area contributed by atoms with E-state index in [0.29, 0.717) is 0 Å². The molecule has 0 saturated heterocycles. The van der Waals surface area contributed by atoms with Crippen LogP contribution in [0.2, 0.25) is 0 Å². The number of hydrogen-bond donors (Lipinski definition) is 0. The molecule has 23 heavy (non-hydrogen) atoms. The molecule has 0 spiro atoms. The number of aromatic nitrogens is 2. The molecule has 0 saturated carbocycles. The first-order valence-corrected chi connectivity index (χ1v) is 7.82. The fraction of sp³-hybridized carbons (Fsp3) is 0.231. The van der Waals surface area contributed by atoms with Crippen molar-refractivity contribution in [1.29, 1.82) is 0 Å². The molecule has 0 aliphatic carbocycles. The Morgan fingerprint density at radius 1 is 1.30 bits per heavy atom. The number of rotatable bonds is 5. The van der Waals surface area contributed by atoms with Crippen molar-refractivity contribution >= 4 is 21.7 Å². The van der Waals surface area contributed by atoms with Crippen LogP contribution in [-0.4, -0.2) is 37.5 Å². The van der Waals surface area contributed by atoms with E-state index in [-0.39, 0.29) is 28.0 Å². The summed E-state index contributed by atoms with van der Waals surface area (Å²) in [6.07, 6.45) is 1.37. The summed E-state index contributed by atoms with van der Waals surface area (Å²) in [5.74, 6) is 0.150. The number of sulfonamides is 1. The van der Waals surface area contributed by atoms with Gasteiger partial charge in [-0.05, 0) is 19.1 Å². The Morgan fingerprint density at radius 3 is 2.57 bits per heavy atom. The summed E-state index contributed by atoms with van der Waals surface area (Å²) >= 11 is 0. The van der Waals surface area contributed by atoms with E-state index in [0.717, 1.165) is 10.4 Å². The van der Waals surface area contributed by atoms with E-state index < -0.39 is 14.9 Å². The van der Waals surface area contributed by atoms with Crippen LogP contribution < -0.4 is 9.04 Å². The molecule has 0 unspecified atom stereocenters. The average Bonchev–Trinajstić information content (AvgIpc) is 2.53. The lowest BCUT2D eigenvalue weighted by atomic mass is 10.2. The van der Waals surface area contributed by atoms with E-state index in [1.807, 2.05) is 0 Å². The zero-order valence-corrected chi connectivity index (χ0v) is 13.4. The number of nitrogens with zero attached hydrogens (tertiary/aromatic N) is 4. The van der Waals surface area contributed by atoms with Crippen LogP contribution in [-0.2, 0) is 10.0 Å². The standard InChI is InChI=1S/C13H14N4O5S/c1-9-8-10(4-5-11(9)17(18)19)23(20,21)16(2)13-14-7-6-12(15-13)22-3/h4-8H,1-3H3. The molecule has 0 amide bonds. The van der Waals surface area contributed by atoms with Crippen molar-refractivity contribution < 1.29 is 18.1 Å². The molecule has 10 heteroatoms. The molecule has 0 bridgehead atoms. The molecule has 1 aromatic heterocycles. The van der Waals surface area contributed by atoms with Crippen LogP contribution >= 0.6 is 0 Å². The number of ether oxygens (including phenoxy) is 1. The van der Waals surface area contributed by atoms with Gasteiger partial charge >= 0.3 is 0 Å². The third-order valence-electron chi connectivity index (χ3n) is 3.13. The predicted molar refractivity (Wildman–Crippen MR) is 82.0 cm³/mol. The van der Waals surface area contributed by atoms with E-state index in [1.54, 1.807) is 0 Å². The maximum absolute atomic E-state index is 12.6. The van der Waals surface area contributed by atoms with Crippen LogP contribution in [0.3, 0.4) is 0 Å². The highest BCUT2D eigenvalue weighted by Crippen LogP contribution is 2.25. The Kier molecular flexibility index (Phi) is 4.45. The minimum atomic E-state index is -3.95. The maximum atomic E-state index is 12.6. The molecule has 0 aliphatic rings. The number of hydrogen-bond acceptors (Lipinski definition) is 7. The Bertz CT molecular complexity index is 853. The van der Waals surface area contributed by atoms with E-state index in [4.69, 9.17) is 4.74 Å². The van der Waals surface area contributed by atoms with Crippen molar-refractivity contribution in [1.82, 2.24) is 9.97 Å². The first-order valence-electron chi connectivity index (χ1n) is 6.38. The highest BCUT2D eigenvalue weighted by Gasteiger charge is 2.25. The molecule has 0 fully saturated rings. The summed E-state index contributed by atoms with van der Waals surface area (Å²) < 4.78 is 31.0. The van der Waals surface area contributed by atoms with Crippen LogP contribution in [0.25, 0.3) is 0 Å². The van der Waals surface area contributed by atoms with Gasteiger partial charge in [0.05, 0.1) is 16.9 Å². The molecule has 1 heterocycles. The molecule has 0 N–H and O–H groups in total. The smallest absolute Gasteiger partial charge is 0.272 e. The normalized spacial score (nSPS) is 11.1. The van der Waals surface area contributed by atoms with Gasteiger partial charge in [0, 0.05) is 30.9 Å². The molecule has 122 valence electrons. The minimum absolute atomic E-state index is 0.0691. The van der Waals surface area contributed by atoms with Crippen LogP contribution in [0, 0.1) is 17.0 Å². The van der Waals surface area contributed by atoms with Crippen molar-refractivity contribution in [3.8, 4) is 5.88 Å². The summed E-state index contributed by atoms with van der Waals surface area (Å²) in [7, 11) is -1.26. The van der Waals surface area contributed by atoms with E-state index >= 15 is 0 Å². The summed E-state index contributed by atoms with van der Waals surface area (Å²) in [4.78, 5) is 18.0. The molecule has 1 aromatic carbocycles. The second-order valence-electron chi connectivity index (χ2n) is 4.58. The number of aryl methyl sites for hydroxylation is 1. The first-order chi connectivity index (χ1) is 10.8. The van der Waals surface area contributed by atoms with Gasteiger partial charge in [-0.2, -0.15) is 4.98 Å². The number of benzene rings is 1. The van der Waals surface area contributed by atoms with Crippen LogP contribution in [0.5, 0.6) is 5.88 Å². The van der Waals surface area contributed by atoms with Crippen molar-refractivity contribution in [2.45, 2.75) is 11.8 Å². The first kappa shape index (κ1) is 16.6. The molecular weight excluding hydrogens is 324 g/mol. The van der Waals surface area contributed by atoms with Gasteiger partial charge in [-0.1, -0.05) is 0 Å². The molecule has 0 radical (unpaired) electrons. The van der Waals surface area contributed by atoms with Gasteiger partial charge < -0.3 is 4.74 Å². The molecule has 2 rings (SSSR count). The lowest BCUT2D eigenvalue weighted by Gasteiger charge is -2.17. The molecule has 0 atom stereocenters. The summed E-state index contributed by atoms with van der Waals surface area (Å²) in [5, 5.41) is 10.8. The SMILES string of the molecule is COc1ccnc(N(C)S(=O)(=O)c2ccc([N+](=O)[O-])c(C)c2)n1. The Morgan fingerprint density at radius 2 is 2.00 bits per heavy atom. The molecule has 9 nitrogen and oxygen atoms in total. The van der Waals surface area contributed by atoms with E-state index in [1.165, 1.54) is 45.5 Å². The molecular formula is C13H14N4O5S. The molecule has 2 aromatic rings. The second-order valence-corrected chi connectivity index (χ2v) is 6.55.